The van der Waals surface area contributed by atoms with Crippen molar-refractivity contribution in [2.45, 2.75) is 34.1 Å². The number of hydrogen-bond acceptors (Lipinski definition) is 5. The van der Waals surface area contributed by atoms with Gasteiger partial charge in [-0.2, -0.15) is 0 Å². The maximum Gasteiger partial charge on any atom is 0.338 e. The largest absolute Gasteiger partial charge is 0.496 e. The Balaban J connectivity index is 2.08. The average molecular weight is 461 g/mol. The molecular weight excluding hydrogens is 424 g/mol. The van der Waals surface area contributed by atoms with Gasteiger partial charge in [0.25, 0.3) is 0 Å². The molecule has 0 radical (unpaired) electrons. The van der Waals surface area contributed by atoms with Gasteiger partial charge in [-0.3, -0.25) is 0 Å². The van der Waals surface area contributed by atoms with Crippen molar-refractivity contribution in [1.29, 1.82) is 0 Å². The van der Waals surface area contributed by atoms with Crippen LogP contribution in [-0.4, -0.2) is 33.3 Å². The van der Waals surface area contributed by atoms with Crippen molar-refractivity contribution in [2.24, 2.45) is 5.92 Å². The second kappa shape index (κ2) is 11.6. The first-order valence-electron chi connectivity index (χ1n) is 11.9. The molecule has 0 saturated heterocycles. The van der Waals surface area contributed by atoms with Crippen LogP contribution in [-0.2, 0) is 4.74 Å². The minimum Gasteiger partial charge on any atom is -0.496 e. The van der Waals surface area contributed by atoms with E-state index in [1.54, 1.807) is 7.11 Å². The van der Waals surface area contributed by atoms with Crippen LogP contribution < -0.4 is 15.4 Å². The number of nitrogens with one attached hydrogen (secondary N) is 2. The van der Waals surface area contributed by atoms with Crippen molar-refractivity contribution in [2.75, 3.05) is 37.9 Å². The predicted octanol–water partition coefficient (Wildman–Crippen LogP) is 7.01. The molecule has 2 N–H and O–H groups in total. The van der Waals surface area contributed by atoms with Crippen molar-refractivity contribution in [3.8, 4) is 28.0 Å². The van der Waals surface area contributed by atoms with Crippen LogP contribution in [0.3, 0.4) is 0 Å². The molecule has 0 aromatic heterocycles. The normalized spacial score (nSPS) is 10.8. The van der Waals surface area contributed by atoms with Gasteiger partial charge in [-0.25, -0.2) is 4.79 Å². The fourth-order valence-corrected chi connectivity index (χ4v) is 4.01. The summed E-state index contributed by atoms with van der Waals surface area (Å²) in [5.41, 5.74) is 7.11. The SMILES string of the molecule is CCCNc1ccc(-c2cc(OC)c(-c3ccc(NCC(C)C)cc3)c(C)c2C(=O)OC)cc1. The Morgan fingerprint density at radius 3 is 2.03 bits per heavy atom. The summed E-state index contributed by atoms with van der Waals surface area (Å²) in [5, 5.41) is 6.83. The number of carbonyl (C=O) groups excluding carboxylic acids is 1. The highest BCUT2D eigenvalue weighted by Crippen LogP contribution is 2.41. The van der Waals surface area contributed by atoms with Gasteiger partial charge in [0.15, 0.2) is 0 Å². The smallest absolute Gasteiger partial charge is 0.338 e. The van der Waals surface area contributed by atoms with Gasteiger partial charge in [-0.15, -0.1) is 0 Å². The molecule has 3 rings (SSSR count). The van der Waals surface area contributed by atoms with Crippen molar-refractivity contribution < 1.29 is 14.3 Å². The third kappa shape index (κ3) is 5.71. The molecule has 0 saturated carbocycles. The molecule has 0 atom stereocenters. The van der Waals surface area contributed by atoms with Crippen molar-refractivity contribution >= 4 is 17.3 Å². The zero-order valence-electron chi connectivity index (χ0n) is 21.1. The van der Waals surface area contributed by atoms with Gasteiger partial charge in [0.1, 0.15) is 5.75 Å². The maximum atomic E-state index is 12.9. The molecule has 0 aliphatic rings. The first-order valence-corrected chi connectivity index (χ1v) is 11.9. The summed E-state index contributed by atoms with van der Waals surface area (Å²) in [4.78, 5) is 12.9. The molecule has 0 unspecified atom stereocenters. The Morgan fingerprint density at radius 2 is 1.50 bits per heavy atom. The molecule has 0 fully saturated rings. The topological polar surface area (TPSA) is 59.6 Å². The molecule has 3 aromatic carbocycles. The van der Waals surface area contributed by atoms with E-state index in [0.717, 1.165) is 64.5 Å². The highest BCUT2D eigenvalue weighted by Gasteiger charge is 2.23. The van der Waals surface area contributed by atoms with E-state index in [1.165, 1.54) is 7.11 Å². The molecular formula is C29H36N2O3. The van der Waals surface area contributed by atoms with Crippen molar-refractivity contribution in [3.05, 3.63) is 65.7 Å². The minimum atomic E-state index is -0.361. The highest BCUT2D eigenvalue weighted by molar-refractivity contribution is 6.02. The van der Waals surface area contributed by atoms with E-state index >= 15 is 0 Å². The van der Waals surface area contributed by atoms with Crippen LogP contribution in [0.4, 0.5) is 11.4 Å². The Morgan fingerprint density at radius 1 is 0.912 bits per heavy atom. The summed E-state index contributed by atoms with van der Waals surface area (Å²) in [6, 6.07) is 18.3. The molecule has 34 heavy (non-hydrogen) atoms. The number of anilines is 2. The first kappa shape index (κ1) is 25.2. The first-order chi connectivity index (χ1) is 16.4. The third-order valence-electron chi connectivity index (χ3n) is 5.81. The molecule has 0 spiro atoms. The molecule has 0 heterocycles. The molecule has 3 aromatic rings. The van der Waals surface area contributed by atoms with Crippen LogP contribution in [0.1, 0.15) is 43.1 Å². The number of esters is 1. The van der Waals surface area contributed by atoms with Crippen LogP contribution in [0.15, 0.2) is 54.6 Å². The fourth-order valence-electron chi connectivity index (χ4n) is 4.01. The maximum absolute atomic E-state index is 12.9. The van der Waals surface area contributed by atoms with E-state index in [4.69, 9.17) is 9.47 Å². The van der Waals surface area contributed by atoms with Crippen LogP contribution in [0, 0.1) is 12.8 Å². The fraction of sp³-hybridized carbons (Fsp3) is 0.345. The number of benzene rings is 3. The lowest BCUT2D eigenvalue weighted by atomic mass is 9.88. The zero-order valence-corrected chi connectivity index (χ0v) is 21.1. The van der Waals surface area contributed by atoms with Gasteiger partial charge in [-0.1, -0.05) is 45.0 Å². The van der Waals surface area contributed by atoms with Gasteiger partial charge in [-0.05, 0) is 66.3 Å². The van der Waals surface area contributed by atoms with Crippen LogP contribution in [0.25, 0.3) is 22.3 Å². The van der Waals surface area contributed by atoms with E-state index < -0.39 is 0 Å². The quantitative estimate of drug-likeness (QED) is 0.319. The number of hydrogen-bond donors (Lipinski definition) is 2. The molecule has 180 valence electrons. The highest BCUT2D eigenvalue weighted by atomic mass is 16.5. The van der Waals surface area contributed by atoms with Crippen LogP contribution in [0.2, 0.25) is 0 Å². The van der Waals surface area contributed by atoms with Gasteiger partial charge in [0.2, 0.25) is 0 Å². The Bertz CT molecular complexity index is 1100. The molecule has 5 nitrogen and oxygen atoms in total. The molecule has 5 heteroatoms. The lowest BCUT2D eigenvalue weighted by Gasteiger charge is -2.20. The monoisotopic (exact) mass is 460 g/mol. The van der Waals surface area contributed by atoms with Crippen molar-refractivity contribution in [1.82, 2.24) is 0 Å². The van der Waals surface area contributed by atoms with Gasteiger partial charge < -0.3 is 20.1 Å². The summed E-state index contributed by atoms with van der Waals surface area (Å²) in [6.07, 6.45) is 1.06. The lowest BCUT2D eigenvalue weighted by molar-refractivity contribution is 0.0601. The minimum absolute atomic E-state index is 0.361. The summed E-state index contributed by atoms with van der Waals surface area (Å²) >= 11 is 0. The molecule has 0 aliphatic heterocycles. The lowest BCUT2D eigenvalue weighted by Crippen LogP contribution is -2.09. The average Bonchev–Trinajstić information content (AvgIpc) is 2.85. The summed E-state index contributed by atoms with van der Waals surface area (Å²) in [5.74, 6) is 0.921. The van der Waals surface area contributed by atoms with E-state index in [9.17, 15) is 4.79 Å². The van der Waals surface area contributed by atoms with E-state index in [2.05, 4.69) is 55.7 Å². The standard InChI is InChI=1S/C29H36N2O3/c1-7-16-30-23-12-8-21(9-13-23)25-17-26(33-5)27(20(4)28(25)29(32)34-6)22-10-14-24(15-11-22)31-18-19(2)3/h8-15,17,19,30-31H,7,16,18H2,1-6H3. The Kier molecular flexibility index (Phi) is 8.58. The van der Waals surface area contributed by atoms with Gasteiger partial charge in [0.05, 0.1) is 19.8 Å². The van der Waals surface area contributed by atoms with Crippen molar-refractivity contribution in [3.63, 3.8) is 0 Å². The zero-order chi connectivity index (χ0) is 24.7. The van der Waals surface area contributed by atoms with E-state index in [-0.39, 0.29) is 5.97 Å². The molecule has 0 aliphatic carbocycles. The van der Waals surface area contributed by atoms with E-state index in [1.807, 2.05) is 37.3 Å². The number of rotatable bonds is 10. The van der Waals surface area contributed by atoms with Crippen LogP contribution in [0.5, 0.6) is 5.75 Å². The second-order valence-corrected chi connectivity index (χ2v) is 8.85. The second-order valence-electron chi connectivity index (χ2n) is 8.85. The number of ether oxygens (including phenoxy) is 2. The Hall–Kier alpha value is -3.47. The Labute approximate surface area is 203 Å². The molecule has 0 bridgehead atoms. The van der Waals surface area contributed by atoms with Crippen LogP contribution >= 0.6 is 0 Å². The number of carbonyl (C=O) groups is 1. The predicted molar refractivity (Wildman–Crippen MR) is 142 cm³/mol. The third-order valence-corrected chi connectivity index (χ3v) is 5.81. The van der Waals surface area contributed by atoms with Gasteiger partial charge >= 0.3 is 5.97 Å². The summed E-state index contributed by atoms with van der Waals surface area (Å²) in [7, 11) is 3.08. The summed E-state index contributed by atoms with van der Waals surface area (Å²) < 4.78 is 11.0. The molecule has 0 amide bonds. The van der Waals surface area contributed by atoms with E-state index in [0.29, 0.717) is 11.5 Å². The number of methoxy groups -OCH3 is 2. The summed E-state index contributed by atoms with van der Waals surface area (Å²) in [6.45, 7) is 10.3. The van der Waals surface area contributed by atoms with Gasteiger partial charge in [0, 0.05) is 35.6 Å².